The second kappa shape index (κ2) is 9.64. The van der Waals surface area contributed by atoms with Crippen molar-refractivity contribution in [2.24, 2.45) is 0 Å². The zero-order chi connectivity index (χ0) is 14.2. The first-order valence-corrected chi connectivity index (χ1v) is 7.49. The minimum absolute atomic E-state index is 0. The Morgan fingerprint density at radius 1 is 1.38 bits per heavy atom. The lowest BCUT2D eigenvalue weighted by molar-refractivity contribution is -0.133. The van der Waals surface area contributed by atoms with Crippen molar-refractivity contribution in [2.75, 3.05) is 26.2 Å². The Kier molecular flexibility index (Phi) is 8.16. The van der Waals surface area contributed by atoms with Crippen molar-refractivity contribution in [2.45, 2.75) is 32.2 Å². The smallest absolute Gasteiger partial charge is 0.226 e. The lowest BCUT2D eigenvalue weighted by atomic mass is 10.2. The van der Waals surface area contributed by atoms with Gasteiger partial charge in [-0.3, -0.25) is 4.79 Å². The number of amides is 1. The molecule has 4 nitrogen and oxygen atoms in total. The average molecular weight is 313 g/mol. The van der Waals surface area contributed by atoms with Crippen molar-refractivity contribution in [3.63, 3.8) is 0 Å². The van der Waals surface area contributed by atoms with Gasteiger partial charge in [0, 0.05) is 19.1 Å². The van der Waals surface area contributed by atoms with Gasteiger partial charge in [-0.1, -0.05) is 25.1 Å². The molecular formula is C16H25ClN2O2. The van der Waals surface area contributed by atoms with Crippen molar-refractivity contribution >= 4 is 18.3 Å². The molecule has 1 heterocycles. The molecule has 1 atom stereocenters. The zero-order valence-electron chi connectivity index (χ0n) is 12.6. The maximum Gasteiger partial charge on any atom is 0.226 e. The molecule has 0 saturated carbocycles. The fourth-order valence-electron chi connectivity index (χ4n) is 2.57. The van der Waals surface area contributed by atoms with E-state index in [-0.39, 0.29) is 18.3 Å². The summed E-state index contributed by atoms with van der Waals surface area (Å²) in [6.07, 6.45) is 2.51. The first-order valence-electron chi connectivity index (χ1n) is 7.49. The SMILES string of the molecule is CCCN(C(=O)CCOc1ccccc1)C1CCNC1.Cl. The largest absolute Gasteiger partial charge is 0.493 e. The summed E-state index contributed by atoms with van der Waals surface area (Å²) in [6, 6.07) is 10.0. The van der Waals surface area contributed by atoms with Gasteiger partial charge in [-0.05, 0) is 31.5 Å². The van der Waals surface area contributed by atoms with Gasteiger partial charge in [0.2, 0.25) is 5.91 Å². The van der Waals surface area contributed by atoms with Crippen LogP contribution in [0.5, 0.6) is 5.75 Å². The highest BCUT2D eigenvalue weighted by Gasteiger charge is 2.25. The molecule has 1 aromatic carbocycles. The molecule has 2 rings (SSSR count). The minimum Gasteiger partial charge on any atom is -0.493 e. The van der Waals surface area contributed by atoms with E-state index in [1.54, 1.807) is 0 Å². The number of carbonyl (C=O) groups excluding carboxylic acids is 1. The summed E-state index contributed by atoms with van der Waals surface area (Å²) in [7, 11) is 0. The fourth-order valence-corrected chi connectivity index (χ4v) is 2.57. The van der Waals surface area contributed by atoms with Crippen LogP contribution >= 0.6 is 12.4 Å². The minimum atomic E-state index is 0. The molecule has 5 heteroatoms. The van der Waals surface area contributed by atoms with Crippen molar-refractivity contribution in [3.05, 3.63) is 30.3 Å². The van der Waals surface area contributed by atoms with E-state index in [1.165, 1.54) is 0 Å². The molecule has 1 fully saturated rings. The van der Waals surface area contributed by atoms with Gasteiger partial charge in [0.05, 0.1) is 13.0 Å². The van der Waals surface area contributed by atoms with Gasteiger partial charge < -0.3 is 15.0 Å². The predicted molar refractivity (Wildman–Crippen MR) is 87.1 cm³/mol. The molecule has 0 spiro atoms. The standard InChI is InChI=1S/C16H24N2O2.ClH/c1-2-11-18(14-8-10-17-13-14)16(19)9-12-20-15-6-4-3-5-7-15;/h3-7,14,17H,2,8-13H2,1H3;1H. The summed E-state index contributed by atoms with van der Waals surface area (Å²) in [5.41, 5.74) is 0. The molecule has 1 N–H and O–H groups in total. The summed E-state index contributed by atoms with van der Waals surface area (Å²) in [5.74, 6) is 1.03. The summed E-state index contributed by atoms with van der Waals surface area (Å²) >= 11 is 0. The monoisotopic (exact) mass is 312 g/mol. The van der Waals surface area contributed by atoms with Crippen LogP contribution < -0.4 is 10.1 Å². The highest BCUT2D eigenvalue weighted by Crippen LogP contribution is 2.12. The van der Waals surface area contributed by atoms with Gasteiger partial charge in [0.25, 0.3) is 0 Å². The van der Waals surface area contributed by atoms with Gasteiger partial charge in [-0.15, -0.1) is 12.4 Å². The van der Waals surface area contributed by atoms with Gasteiger partial charge in [0.15, 0.2) is 0 Å². The number of hydrogen-bond acceptors (Lipinski definition) is 3. The number of benzene rings is 1. The molecule has 0 aliphatic carbocycles. The van der Waals surface area contributed by atoms with Crippen LogP contribution in [-0.4, -0.2) is 43.1 Å². The number of nitrogens with one attached hydrogen (secondary N) is 1. The molecule has 1 aromatic rings. The van der Waals surface area contributed by atoms with E-state index in [1.807, 2.05) is 35.2 Å². The van der Waals surface area contributed by atoms with Crippen molar-refractivity contribution in [1.82, 2.24) is 10.2 Å². The van der Waals surface area contributed by atoms with Crippen LogP contribution in [-0.2, 0) is 4.79 Å². The third-order valence-corrected chi connectivity index (χ3v) is 3.59. The highest BCUT2D eigenvalue weighted by atomic mass is 35.5. The molecule has 1 unspecified atom stereocenters. The molecule has 0 bridgehead atoms. The van der Waals surface area contributed by atoms with Crippen LogP contribution in [0.3, 0.4) is 0 Å². The van der Waals surface area contributed by atoms with E-state index in [4.69, 9.17) is 4.74 Å². The zero-order valence-corrected chi connectivity index (χ0v) is 13.4. The number of para-hydroxylation sites is 1. The number of halogens is 1. The molecule has 1 amide bonds. The van der Waals surface area contributed by atoms with Crippen LogP contribution in [0.2, 0.25) is 0 Å². The quantitative estimate of drug-likeness (QED) is 0.841. The van der Waals surface area contributed by atoms with E-state index in [9.17, 15) is 4.79 Å². The van der Waals surface area contributed by atoms with Gasteiger partial charge in [-0.25, -0.2) is 0 Å². The van der Waals surface area contributed by atoms with Crippen LogP contribution in [0, 0.1) is 0 Å². The van der Waals surface area contributed by atoms with Crippen molar-refractivity contribution in [1.29, 1.82) is 0 Å². The second-order valence-electron chi connectivity index (χ2n) is 5.15. The predicted octanol–water partition coefficient (Wildman–Crippen LogP) is 2.48. The van der Waals surface area contributed by atoms with E-state index in [0.717, 1.165) is 38.2 Å². The Balaban J connectivity index is 0.00000220. The normalized spacial score (nSPS) is 17.1. The third-order valence-electron chi connectivity index (χ3n) is 3.59. The van der Waals surface area contributed by atoms with E-state index >= 15 is 0 Å². The first-order chi connectivity index (χ1) is 9.81. The topological polar surface area (TPSA) is 41.6 Å². The Labute approximate surface area is 133 Å². The van der Waals surface area contributed by atoms with Crippen LogP contribution in [0.1, 0.15) is 26.2 Å². The number of nitrogens with zero attached hydrogens (tertiary/aromatic N) is 1. The number of ether oxygens (including phenoxy) is 1. The number of hydrogen-bond donors (Lipinski definition) is 1. The number of carbonyl (C=O) groups is 1. The lowest BCUT2D eigenvalue weighted by Gasteiger charge is -2.28. The Bertz CT molecular complexity index is 408. The van der Waals surface area contributed by atoms with Gasteiger partial charge >= 0.3 is 0 Å². The lowest BCUT2D eigenvalue weighted by Crippen LogP contribution is -2.42. The maximum absolute atomic E-state index is 12.3. The Morgan fingerprint density at radius 3 is 2.76 bits per heavy atom. The van der Waals surface area contributed by atoms with E-state index < -0.39 is 0 Å². The molecule has 1 aliphatic rings. The second-order valence-corrected chi connectivity index (χ2v) is 5.15. The van der Waals surface area contributed by atoms with Crippen LogP contribution in [0.15, 0.2) is 30.3 Å². The van der Waals surface area contributed by atoms with Crippen molar-refractivity contribution < 1.29 is 9.53 Å². The van der Waals surface area contributed by atoms with Gasteiger partial charge in [0.1, 0.15) is 5.75 Å². The molecule has 0 aromatic heterocycles. The van der Waals surface area contributed by atoms with E-state index in [0.29, 0.717) is 19.1 Å². The van der Waals surface area contributed by atoms with Gasteiger partial charge in [-0.2, -0.15) is 0 Å². The first kappa shape index (κ1) is 17.8. The Hall–Kier alpha value is -1.26. The maximum atomic E-state index is 12.3. The summed E-state index contributed by atoms with van der Waals surface area (Å²) in [5, 5.41) is 3.32. The summed E-state index contributed by atoms with van der Waals surface area (Å²) < 4.78 is 5.60. The molecule has 21 heavy (non-hydrogen) atoms. The fraction of sp³-hybridized carbons (Fsp3) is 0.562. The molecule has 0 radical (unpaired) electrons. The Morgan fingerprint density at radius 2 is 2.14 bits per heavy atom. The summed E-state index contributed by atoms with van der Waals surface area (Å²) in [4.78, 5) is 14.4. The summed E-state index contributed by atoms with van der Waals surface area (Å²) in [6.45, 7) is 5.34. The third kappa shape index (κ3) is 5.56. The average Bonchev–Trinajstić information content (AvgIpc) is 2.99. The number of rotatable bonds is 7. The highest BCUT2D eigenvalue weighted by molar-refractivity contribution is 5.85. The van der Waals surface area contributed by atoms with Crippen LogP contribution in [0.25, 0.3) is 0 Å². The van der Waals surface area contributed by atoms with E-state index in [2.05, 4.69) is 12.2 Å². The molecule has 1 aliphatic heterocycles. The van der Waals surface area contributed by atoms with Crippen LogP contribution in [0.4, 0.5) is 0 Å². The van der Waals surface area contributed by atoms with Crippen molar-refractivity contribution in [3.8, 4) is 5.75 Å². The molecule has 118 valence electrons. The molecular weight excluding hydrogens is 288 g/mol. The molecule has 1 saturated heterocycles.